The maximum Gasteiger partial charge on any atom is 0.169 e. The molecule has 0 atom stereocenters. The van der Waals surface area contributed by atoms with E-state index in [2.05, 4.69) is 5.32 Å². The van der Waals surface area contributed by atoms with Crippen molar-refractivity contribution in [2.45, 2.75) is 20.8 Å². The molecule has 0 aliphatic rings. The molecule has 2 heteroatoms. The van der Waals surface area contributed by atoms with Crippen LogP contribution >= 0.6 is 0 Å². The first-order valence-electron chi connectivity index (χ1n) is 5.38. The molecular formula is C13H19NO. The van der Waals surface area contributed by atoms with Gasteiger partial charge in [-0.25, -0.2) is 0 Å². The van der Waals surface area contributed by atoms with Gasteiger partial charge in [0.2, 0.25) is 0 Å². The van der Waals surface area contributed by atoms with Gasteiger partial charge in [0.05, 0.1) is 0 Å². The molecule has 0 heterocycles. The van der Waals surface area contributed by atoms with Gasteiger partial charge in [0.15, 0.2) is 5.78 Å². The molecule has 1 N–H and O–H groups in total. The second kappa shape index (κ2) is 5.08. The Kier molecular flexibility index (Phi) is 4.04. The molecule has 1 aromatic rings. The predicted octanol–water partition coefficient (Wildman–Crippen LogP) is 2.51. The van der Waals surface area contributed by atoms with Gasteiger partial charge in [0.1, 0.15) is 0 Å². The first-order valence-corrected chi connectivity index (χ1v) is 5.38. The molecule has 82 valence electrons. The monoisotopic (exact) mass is 205 g/mol. The first-order chi connectivity index (χ1) is 7.08. The van der Waals surface area contributed by atoms with Crippen LogP contribution < -0.4 is 5.32 Å². The summed E-state index contributed by atoms with van der Waals surface area (Å²) in [7, 11) is 0. The number of carbonyl (C=O) groups is 1. The molecule has 0 saturated carbocycles. The highest BCUT2D eigenvalue weighted by Gasteiger charge is 2.27. The van der Waals surface area contributed by atoms with Gasteiger partial charge in [0.25, 0.3) is 0 Å². The Balaban J connectivity index is 2.75. The molecule has 15 heavy (non-hydrogen) atoms. The van der Waals surface area contributed by atoms with Crippen LogP contribution in [0.2, 0.25) is 0 Å². The fourth-order valence-electron chi connectivity index (χ4n) is 1.50. The van der Waals surface area contributed by atoms with E-state index in [0.29, 0.717) is 0 Å². The summed E-state index contributed by atoms with van der Waals surface area (Å²) in [5, 5.41) is 3.22. The highest BCUT2D eigenvalue weighted by Crippen LogP contribution is 2.20. The third-order valence-electron chi connectivity index (χ3n) is 2.47. The van der Waals surface area contributed by atoms with Crippen LogP contribution in [0.4, 0.5) is 0 Å². The van der Waals surface area contributed by atoms with Crippen LogP contribution in [0.3, 0.4) is 0 Å². The fourth-order valence-corrected chi connectivity index (χ4v) is 1.50. The number of Topliss-reactive ketones (excluding diaryl/α,β-unsaturated/α-hetero) is 1. The SMILES string of the molecule is CCNCC(C)(C)C(=O)c1ccccc1. The second-order valence-corrected chi connectivity index (χ2v) is 4.36. The van der Waals surface area contributed by atoms with Crippen LogP contribution in [0, 0.1) is 5.41 Å². The van der Waals surface area contributed by atoms with E-state index in [4.69, 9.17) is 0 Å². The summed E-state index contributed by atoms with van der Waals surface area (Å²) in [6.07, 6.45) is 0. The van der Waals surface area contributed by atoms with Gasteiger partial charge in [-0.1, -0.05) is 51.1 Å². The van der Waals surface area contributed by atoms with E-state index in [9.17, 15) is 4.79 Å². The molecular weight excluding hydrogens is 186 g/mol. The van der Waals surface area contributed by atoms with Gasteiger partial charge in [-0.15, -0.1) is 0 Å². The Morgan fingerprint density at radius 2 is 1.87 bits per heavy atom. The number of benzene rings is 1. The molecule has 0 radical (unpaired) electrons. The zero-order chi connectivity index (χ0) is 11.3. The van der Waals surface area contributed by atoms with Crippen LogP contribution in [-0.2, 0) is 0 Å². The molecule has 0 unspecified atom stereocenters. The van der Waals surface area contributed by atoms with Crippen LogP contribution in [0.15, 0.2) is 30.3 Å². The first kappa shape index (κ1) is 11.9. The molecule has 0 spiro atoms. The van der Waals surface area contributed by atoms with Crippen molar-refractivity contribution in [1.29, 1.82) is 0 Å². The van der Waals surface area contributed by atoms with Crippen LogP contribution in [0.5, 0.6) is 0 Å². The molecule has 1 rings (SSSR count). The average molecular weight is 205 g/mol. The van der Waals surface area contributed by atoms with Gasteiger partial charge < -0.3 is 5.32 Å². The van der Waals surface area contributed by atoms with Crippen molar-refractivity contribution in [1.82, 2.24) is 5.32 Å². The standard InChI is InChI=1S/C13H19NO/c1-4-14-10-13(2,3)12(15)11-8-6-5-7-9-11/h5-9,14H,4,10H2,1-3H3. The van der Waals surface area contributed by atoms with Crippen molar-refractivity contribution in [2.24, 2.45) is 5.41 Å². The Labute approximate surface area is 91.7 Å². The van der Waals surface area contributed by atoms with E-state index in [0.717, 1.165) is 18.7 Å². The molecule has 0 bridgehead atoms. The molecule has 0 amide bonds. The Morgan fingerprint density at radius 1 is 1.27 bits per heavy atom. The summed E-state index contributed by atoms with van der Waals surface area (Å²) in [5.74, 6) is 0.198. The van der Waals surface area contributed by atoms with E-state index in [-0.39, 0.29) is 11.2 Å². The molecule has 1 aromatic carbocycles. The summed E-state index contributed by atoms with van der Waals surface area (Å²) in [4.78, 5) is 12.1. The highest BCUT2D eigenvalue weighted by molar-refractivity contribution is 6.00. The predicted molar refractivity (Wildman–Crippen MR) is 63.1 cm³/mol. The summed E-state index contributed by atoms with van der Waals surface area (Å²) in [6.45, 7) is 7.61. The number of carbonyl (C=O) groups excluding carboxylic acids is 1. The average Bonchev–Trinajstić information content (AvgIpc) is 2.26. The summed E-state index contributed by atoms with van der Waals surface area (Å²) >= 11 is 0. The second-order valence-electron chi connectivity index (χ2n) is 4.36. The molecule has 0 aliphatic carbocycles. The third kappa shape index (κ3) is 3.17. The van der Waals surface area contributed by atoms with Gasteiger partial charge in [0, 0.05) is 17.5 Å². The lowest BCUT2D eigenvalue weighted by molar-refractivity contribution is 0.0837. The number of nitrogens with one attached hydrogen (secondary N) is 1. The van der Waals surface area contributed by atoms with Crippen molar-refractivity contribution in [3.8, 4) is 0 Å². The lowest BCUT2D eigenvalue weighted by atomic mass is 9.84. The van der Waals surface area contributed by atoms with Crippen molar-refractivity contribution >= 4 is 5.78 Å². The van der Waals surface area contributed by atoms with Crippen molar-refractivity contribution in [3.63, 3.8) is 0 Å². The Bertz CT molecular complexity index is 317. The summed E-state index contributed by atoms with van der Waals surface area (Å²) in [6, 6.07) is 9.47. The van der Waals surface area contributed by atoms with Gasteiger partial charge in [-0.05, 0) is 6.54 Å². The third-order valence-corrected chi connectivity index (χ3v) is 2.47. The lowest BCUT2D eigenvalue weighted by Gasteiger charge is -2.23. The topological polar surface area (TPSA) is 29.1 Å². The van der Waals surface area contributed by atoms with Crippen molar-refractivity contribution in [3.05, 3.63) is 35.9 Å². The molecule has 0 fully saturated rings. The van der Waals surface area contributed by atoms with Crippen molar-refractivity contribution in [2.75, 3.05) is 13.1 Å². The normalized spacial score (nSPS) is 11.4. The number of hydrogen-bond donors (Lipinski definition) is 1. The van der Waals surface area contributed by atoms with Crippen LogP contribution in [0.1, 0.15) is 31.1 Å². The molecule has 0 saturated heterocycles. The van der Waals surface area contributed by atoms with Crippen LogP contribution in [-0.4, -0.2) is 18.9 Å². The summed E-state index contributed by atoms with van der Waals surface area (Å²) < 4.78 is 0. The fraction of sp³-hybridized carbons (Fsp3) is 0.462. The largest absolute Gasteiger partial charge is 0.316 e. The Morgan fingerprint density at radius 3 is 2.40 bits per heavy atom. The van der Waals surface area contributed by atoms with E-state index in [1.54, 1.807) is 0 Å². The minimum atomic E-state index is -0.336. The van der Waals surface area contributed by atoms with E-state index < -0.39 is 0 Å². The highest BCUT2D eigenvalue weighted by atomic mass is 16.1. The number of hydrogen-bond acceptors (Lipinski definition) is 2. The summed E-state index contributed by atoms with van der Waals surface area (Å²) in [5.41, 5.74) is 0.456. The van der Waals surface area contributed by atoms with E-state index in [1.165, 1.54) is 0 Å². The number of ketones is 1. The van der Waals surface area contributed by atoms with Gasteiger partial charge in [-0.2, -0.15) is 0 Å². The van der Waals surface area contributed by atoms with E-state index >= 15 is 0 Å². The molecule has 0 aromatic heterocycles. The van der Waals surface area contributed by atoms with E-state index in [1.807, 2.05) is 51.1 Å². The minimum absolute atomic E-state index is 0.198. The van der Waals surface area contributed by atoms with Gasteiger partial charge >= 0.3 is 0 Å². The zero-order valence-electron chi connectivity index (χ0n) is 9.71. The minimum Gasteiger partial charge on any atom is -0.316 e. The maximum absolute atomic E-state index is 12.1. The van der Waals surface area contributed by atoms with Gasteiger partial charge in [-0.3, -0.25) is 4.79 Å². The number of rotatable bonds is 5. The van der Waals surface area contributed by atoms with Crippen LogP contribution in [0.25, 0.3) is 0 Å². The smallest absolute Gasteiger partial charge is 0.169 e. The molecule has 0 aliphatic heterocycles. The maximum atomic E-state index is 12.1. The Hall–Kier alpha value is -1.15. The quantitative estimate of drug-likeness (QED) is 0.748. The molecule has 2 nitrogen and oxygen atoms in total. The zero-order valence-corrected chi connectivity index (χ0v) is 9.71. The lowest BCUT2D eigenvalue weighted by Crippen LogP contribution is -2.36. The van der Waals surface area contributed by atoms with Crippen molar-refractivity contribution < 1.29 is 4.79 Å².